The molecule has 0 bridgehead atoms. The Morgan fingerprint density at radius 1 is 1.09 bits per heavy atom. The van der Waals surface area contributed by atoms with Crippen LogP contribution < -0.4 is 15.5 Å². The maximum atomic E-state index is 14.9. The Labute approximate surface area is 195 Å². The molecular weight excluding hydrogens is 454 g/mol. The fourth-order valence-electron chi connectivity index (χ4n) is 4.38. The number of carbonyl (C=O) groups is 2. The Bertz CT molecular complexity index is 1040. The van der Waals surface area contributed by atoms with Crippen LogP contribution in [0.25, 0.3) is 0 Å². The number of anilines is 3. The van der Waals surface area contributed by atoms with Gasteiger partial charge in [0.15, 0.2) is 11.6 Å². The van der Waals surface area contributed by atoms with Crippen molar-refractivity contribution in [1.29, 1.82) is 0 Å². The summed E-state index contributed by atoms with van der Waals surface area (Å²) in [5.41, 5.74) is 0.399. The Balaban J connectivity index is 1.53. The molecule has 3 heterocycles. The normalized spacial score (nSPS) is 21.3. The summed E-state index contributed by atoms with van der Waals surface area (Å²) in [4.78, 5) is 37.3. The van der Waals surface area contributed by atoms with Gasteiger partial charge >= 0.3 is 0 Å². The number of hydrogen-bond donors (Lipinski definition) is 2. The molecule has 1 aromatic heterocycles. The zero-order valence-electron chi connectivity index (χ0n) is 18.2. The molecule has 176 valence electrons. The number of likely N-dealkylation sites (tertiary alicyclic amines) is 1. The van der Waals surface area contributed by atoms with Crippen molar-refractivity contribution < 1.29 is 18.4 Å². The van der Waals surface area contributed by atoms with Crippen molar-refractivity contribution >= 4 is 40.7 Å². The average Bonchev–Trinajstić information content (AvgIpc) is 2.77. The first kappa shape index (κ1) is 23.2. The van der Waals surface area contributed by atoms with Crippen LogP contribution in [0.15, 0.2) is 24.5 Å². The number of hydrogen-bond acceptors (Lipinski definition) is 6. The van der Waals surface area contributed by atoms with Gasteiger partial charge in [0.2, 0.25) is 11.7 Å². The van der Waals surface area contributed by atoms with Crippen LogP contribution in [0, 0.1) is 11.6 Å². The van der Waals surface area contributed by atoms with E-state index in [1.54, 1.807) is 11.0 Å². The van der Waals surface area contributed by atoms with E-state index in [0.29, 0.717) is 51.0 Å². The molecule has 0 aliphatic carbocycles. The Morgan fingerprint density at radius 2 is 1.88 bits per heavy atom. The predicted molar refractivity (Wildman–Crippen MR) is 121 cm³/mol. The fraction of sp³-hybridized carbons (Fsp3) is 0.455. The quantitative estimate of drug-likeness (QED) is 0.661. The second-order valence-corrected chi connectivity index (χ2v) is 8.50. The molecule has 1 aromatic carbocycles. The molecule has 2 N–H and O–H groups in total. The third-order valence-corrected chi connectivity index (χ3v) is 6.05. The molecule has 2 aromatic rings. The SMILES string of the molecule is CCNc1ncnc(N2CCC[C@@H](N3CCCC(Nc4cc(F)cc(Cl)c4)C3=O)C2=O)c1F. The van der Waals surface area contributed by atoms with Crippen molar-refractivity contribution in [2.75, 3.05) is 35.2 Å². The first-order valence-corrected chi connectivity index (χ1v) is 11.4. The van der Waals surface area contributed by atoms with E-state index in [1.165, 1.54) is 23.4 Å². The maximum Gasteiger partial charge on any atom is 0.251 e. The predicted octanol–water partition coefficient (Wildman–Crippen LogP) is 3.44. The molecule has 2 aliphatic heterocycles. The molecule has 11 heteroatoms. The van der Waals surface area contributed by atoms with Gasteiger partial charge in [-0.3, -0.25) is 14.5 Å². The zero-order chi connectivity index (χ0) is 23.5. The number of halogens is 3. The highest BCUT2D eigenvalue weighted by Crippen LogP contribution is 2.29. The van der Waals surface area contributed by atoms with Crippen molar-refractivity contribution in [3.63, 3.8) is 0 Å². The molecule has 2 fully saturated rings. The number of amides is 2. The molecule has 8 nitrogen and oxygen atoms in total. The van der Waals surface area contributed by atoms with Crippen LogP contribution in [0.2, 0.25) is 5.02 Å². The van der Waals surface area contributed by atoms with Crippen molar-refractivity contribution in [3.05, 3.63) is 41.2 Å². The van der Waals surface area contributed by atoms with E-state index in [2.05, 4.69) is 20.6 Å². The van der Waals surface area contributed by atoms with Crippen LogP contribution in [0.4, 0.5) is 26.1 Å². The first-order valence-electron chi connectivity index (χ1n) is 11.0. The lowest BCUT2D eigenvalue weighted by molar-refractivity contribution is -0.143. The Kier molecular flexibility index (Phi) is 6.92. The molecule has 2 aliphatic rings. The average molecular weight is 479 g/mol. The second kappa shape index (κ2) is 9.86. The topological polar surface area (TPSA) is 90.5 Å². The summed E-state index contributed by atoms with van der Waals surface area (Å²) >= 11 is 5.92. The molecule has 0 radical (unpaired) electrons. The Hall–Kier alpha value is -3.01. The van der Waals surface area contributed by atoms with Gasteiger partial charge in [-0.1, -0.05) is 11.6 Å². The van der Waals surface area contributed by atoms with Crippen LogP contribution >= 0.6 is 11.6 Å². The van der Waals surface area contributed by atoms with E-state index in [4.69, 9.17) is 11.6 Å². The van der Waals surface area contributed by atoms with Gasteiger partial charge in [-0.05, 0) is 50.8 Å². The minimum Gasteiger partial charge on any atom is -0.374 e. The van der Waals surface area contributed by atoms with Gasteiger partial charge in [0, 0.05) is 30.3 Å². The highest BCUT2D eigenvalue weighted by molar-refractivity contribution is 6.30. The smallest absolute Gasteiger partial charge is 0.251 e. The van der Waals surface area contributed by atoms with E-state index in [1.807, 2.05) is 6.92 Å². The molecule has 33 heavy (non-hydrogen) atoms. The summed E-state index contributed by atoms with van der Waals surface area (Å²) in [5.74, 6) is -1.89. The number of benzene rings is 1. The molecule has 0 saturated carbocycles. The van der Waals surface area contributed by atoms with Crippen molar-refractivity contribution in [1.82, 2.24) is 14.9 Å². The lowest BCUT2D eigenvalue weighted by Gasteiger charge is -2.41. The lowest BCUT2D eigenvalue weighted by atomic mass is 9.97. The van der Waals surface area contributed by atoms with Gasteiger partial charge < -0.3 is 15.5 Å². The summed E-state index contributed by atoms with van der Waals surface area (Å²) in [5, 5.41) is 6.08. The van der Waals surface area contributed by atoms with Crippen LogP contribution in [-0.4, -0.2) is 58.4 Å². The molecule has 1 unspecified atom stereocenters. The van der Waals surface area contributed by atoms with E-state index in [9.17, 15) is 18.4 Å². The van der Waals surface area contributed by atoms with Gasteiger partial charge in [0.05, 0.1) is 0 Å². The largest absolute Gasteiger partial charge is 0.374 e. The van der Waals surface area contributed by atoms with Gasteiger partial charge in [-0.25, -0.2) is 14.4 Å². The molecule has 4 rings (SSSR count). The van der Waals surface area contributed by atoms with Gasteiger partial charge in [0.1, 0.15) is 24.2 Å². The van der Waals surface area contributed by atoms with Gasteiger partial charge in [0.25, 0.3) is 5.91 Å². The summed E-state index contributed by atoms with van der Waals surface area (Å²) < 4.78 is 28.6. The Morgan fingerprint density at radius 3 is 2.64 bits per heavy atom. The van der Waals surface area contributed by atoms with E-state index in [0.717, 1.165) is 0 Å². The summed E-state index contributed by atoms with van der Waals surface area (Å²) in [7, 11) is 0. The van der Waals surface area contributed by atoms with E-state index >= 15 is 0 Å². The third kappa shape index (κ3) is 4.85. The van der Waals surface area contributed by atoms with E-state index < -0.39 is 23.7 Å². The number of rotatable bonds is 6. The first-order chi connectivity index (χ1) is 15.9. The molecule has 0 spiro atoms. The van der Waals surface area contributed by atoms with E-state index in [-0.39, 0.29) is 28.5 Å². The fourth-order valence-corrected chi connectivity index (χ4v) is 4.60. The molecule has 2 saturated heterocycles. The number of nitrogens with one attached hydrogen (secondary N) is 2. The highest BCUT2D eigenvalue weighted by Gasteiger charge is 2.41. The summed E-state index contributed by atoms with van der Waals surface area (Å²) in [6.07, 6.45) is 3.50. The minimum atomic E-state index is -0.719. The highest BCUT2D eigenvalue weighted by atomic mass is 35.5. The molecular formula is C22H25ClF2N6O2. The minimum absolute atomic E-state index is 0.0319. The van der Waals surface area contributed by atoms with Crippen molar-refractivity contribution in [3.8, 4) is 0 Å². The summed E-state index contributed by atoms with van der Waals surface area (Å²) in [6, 6.07) is 2.67. The van der Waals surface area contributed by atoms with Gasteiger partial charge in [-0.2, -0.15) is 4.39 Å². The van der Waals surface area contributed by atoms with Crippen LogP contribution in [0.5, 0.6) is 0 Å². The standard InChI is InChI=1S/C22H25ClF2N6O2/c1-2-26-19-18(25)20(28-12-27-19)31-8-4-6-17(22(31)33)30-7-3-5-16(21(30)32)29-15-10-13(23)9-14(24)11-15/h9-12,16-17,29H,2-8H2,1H3,(H,26,27,28)/t16?,17-/m1/s1. The number of carbonyl (C=O) groups excluding carboxylic acids is 2. The van der Waals surface area contributed by atoms with Crippen molar-refractivity contribution in [2.45, 2.75) is 44.7 Å². The molecule has 2 atom stereocenters. The number of nitrogens with zero attached hydrogens (tertiary/aromatic N) is 4. The monoisotopic (exact) mass is 478 g/mol. The van der Waals surface area contributed by atoms with Crippen molar-refractivity contribution in [2.24, 2.45) is 0 Å². The zero-order valence-corrected chi connectivity index (χ0v) is 18.9. The van der Waals surface area contributed by atoms with Gasteiger partial charge in [-0.15, -0.1) is 0 Å². The lowest BCUT2D eigenvalue weighted by Crippen LogP contribution is -2.59. The molecule has 2 amide bonds. The second-order valence-electron chi connectivity index (χ2n) is 8.07. The third-order valence-electron chi connectivity index (χ3n) is 5.83. The maximum absolute atomic E-state index is 14.9. The summed E-state index contributed by atoms with van der Waals surface area (Å²) in [6.45, 7) is 3.00. The number of piperidine rings is 2. The van der Waals surface area contributed by atoms with Crippen LogP contribution in [0.3, 0.4) is 0 Å². The van der Waals surface area contributed by atoms with Crippen LogP contribution in [0.1, 0.15) is 32.6 Å². The number of aromatic nitrogens is 2. The van der Waals surface area contributed by atoms with Crippen LogP contribution in [-0.2, 0) is 9.59 Å².